The summed E-state index contributed by atoms with van der Waals surface area (Å²) in [7, 11) is 2.84. The van der Waals surface area contributed by atoms with Gasteiger partial charge in [-0.3, -0.25) is 0 Å². The van der Waals surface area contributed by atoms with Crippen LogP contribution in [0.15, 0.2) is 12.1 Å². The van der Waals surface area contributed by atoms with Gasteiger partial charge in [0, 0.05) is 6.54 Å². The molecule has 1 aliphatic rings. The smallest absolute Gasteiger partial charge is 0.343 e. The molecule has 2 rings (SSSR count). The maximum atomic E-state index is 11.6. The minimum atomic E-state index is -0.440. The number of esters is 1. The first-order chi connectivity index (χ1) is 9.64. The number of rotatable bonds is 6. The lowest BCUT2D eigenvalue weighted by Gasteiger charge is -2.41. The summed E-state index contributed by atoms with van der Waals surface area (Å²) in [4.78, 5) is 15.9. The zero-order chi connectivity index (χ0) is 14.6. The summed E-state index contributed by atoms with van der Waals surface area (Å²) in [5, 5.41) is 3.35. The highest BCUT2D eigenvalue weighted by Gasteiger charge is 2.34. The molecule has 5 heteroatoms. The highest BCUT2D eigenvalue weighted by molar-refractivity contribution is 5.92. The summed E-state index contributed by atoms with van der Waals surface area (Å²) in [6.45, 7) is 3.15. The maximum Gasteiger partial charge on any atom is 0.343 e. The highest BCUT2D eigenvalue weighted by atomic mass is 16.5. The van der Waals surface area contributed by atoms with E-state index in [1.165, 1.54) is 39.9 Å². The number of nitrogens with zero attached hydrogens (tertiary/aromatic N) is 1. The van der Waals surface area contributed by atoms with Crippen LogP contribution in [0.4, 0.5) is 5.82 Å². The average molecular weight is 278 g/mol. The Bertz CT molecular complexity index is 478. The van der Waals surface area contributed by atoms with Crippen molar-refractivity contribution in [3.63, 3.8) is 0 Å². The van der Waals surface area contributed by atoms with Crippen LogP contribution in [0.1, 0.15) is 43.0 Å². The first-order valence-electron chi connectivity index (χ1n) is 7.01. The standard InChI is InChI=1S/C15H22N2O3/c1-4-15(8-5-9-15)10-16-12-7-6-11(14(18)20-3)13(17-12)19-2/h6-7H,4-5,8-10H2,1-3H3,(H,16,17). The SMILES string of the molecule is CCC1(CNc2ccc(C(=O)OC)c(OC)n2)CCC1. The van der Waals surface area contributed by atoms with Crippen LogP contribution in [0.2, 0.25) is 0 Å². The molecule has 1 fully saturated rings. The third kappa shape index (κ3) is 2.86. The molecule has 0 bridgehead atoms. The normalized spacial score (nSPS) is 16.1. The van der Waals surface area contributed by atoms with Gasteiger partial charge >= 0.3 is 5.97 Å². The van der Waals surface area contributed by atoms with Crippen molar-refractivity contribution < 1.29 is 14.3 Å². The number of methoxy groups -OCH3 is 2. The molecule has 20 heavy (non-hydrogen) atoms. The number of hydrogen-bond acceptors (Lipinski definition) is 5. The van der Waals surface area contributed by atoms with Gasteiger partial charge in [-0.25, -0.2) is 4.79 Å². The number of nitrogens with one attached hydrogen (secondary N) is 1. The van der Waals surface area contributed by atoms with Crippen LogP contribution in [0, 0.1) is 5.41 Å². The molecular formula is C15H22N2O3. The first-order valence-corrected chi connectivity index (χ1v) is 7.01. The Kier molecular flexibility index (Phi) is 4.47. The molecule has 0 saturated heterocycles. The second-order valence-corrected chi connectivity index (χ2v) is 5.31. The zero-order valence-corrected chi connectivity index (χ0v) is 12.4. The van der Waals surface area contributed by atoms with Crippen molar-refractivity contribution in [2.45, 2.75) is 32.6 Å². The van der Waals surface area contributed by atoms with Crippen molar-refractivity contribution in [1.29, 1.82) is 0 Å². The zero-order valence-electron chi connectivity index (χ0n) is 12.4. The molecule has 1 heterocycles. The molecule has 0 amide bonds. The highest BCUT2D eigenvalue weighted by Crippen LogP contribution is 2.43. The Balaban J connectivity index is 2.07. The number of hydrogen-bond donors (Lipinski definition) is 1. The molecule has 1 aromatic rings. The van der Waals surface area contributed by atoms with Gasteiger partial charge in [-0.05, 0) is 36.8 Å². The fourth-order valence-electron chi connectivity index (χ4n) is 2.57. The summed E-state index contributed by atoms with van der Waals surface area (Å²) in [6.07, 6.45) is 5.03. The Hall–Kier alpha value is -1.78. The van der Waals surface area contributed by atoms with E-state index in [2.05, 4.69) is 17.2 Å². The van der Waals surface area contributed by atoms with E-state index in [0.29, 0.717) is 16.9 Å². The van der Waals surface area contributed by atoms with Gasteiger partial charge in [-0.2, -0.15) is 4.98 Å². The van der Waals surface area contributed by atoms with Gasteiger partial charge in [0.05, 0.1) is 14.2 Å². The van der Waals surface area contributed by atoms with E-state index in [1.54, 1.807) is 12.1 Å². The van der Waals surface area contributed by atoms with E-state index in [-0.39, 0.29) is 0 Å². The van der Waals surface area contributed by atoms with Crippen molar-refractivity contribution >= 4 is 11.8 Å². The third-order valence-corrected chi connectivity index (χ3v) is 4.27. The van der Waals surface area contributed by atoms with Gasteiger partial charge in [0.2, 0.25) is 5.88 Å². The van der Waals surface area contributed by atoms with Crippen molar-refractivity contribution in [2.24, 2.45) is 5.41 Å². The van der Waals surface area contributed by atoms with Crippen LogP contribution < -0.4 is 10.1 Å². The number of anilines is 1. The van der Waals surface area contributed by atoms with Crippen molar-refractivity contribution in [2.75, 3.05) is 26.1 Å². The largest absolute Gasteiger partial charge is 0.480 e. The fourth-order valence-corrected chi connectivity index (χ4v) is 2.57. The van der Waals surface area contributed by atoms with Crippen molar-refractivity contribution in [1.82, 2.24) is 4.98 Å². The predicted octanol–water partition coefficient (Wildman–Crippen LogP) is 2.87. The van der Waals surface area contributed by atoms with Crippen LogP contribution in [0.3, 0.4) is 0 Å². The average Bonchev–Trinajstić information content (AvgIpc) is 2.45. The number of carbonyl (C=O) groups is 1. The van der Waals surface area contributed by atoms with Crippen LogP contribution in [0.5, 0.6) is 5.88 Å². The van der Waals surface area contributed by atoms with Crippen LogP contribution in [0.25, 0.3) is 0 Å². The number of carbonyl (C=O) groups excluding carboxylic acids is 1. The quantitative estimate of drug-likeness (QED) is 0.811. The van der Waals surface area contributed by atoms with E-state index >= 15 is 0 Å². The molecule has 110 valence electrons. The molecule has 0 spiro atoms. The number of pyridine rings is 1. The molecule has 5 nitrogen and oxygen atoms in total. The molecule has 1 N–H and O–H groups in total. The Morgan fingerprint density at radius 3 is 2.65 bits per heavy atom. The maximum absolute atomic E-state index is 11.6. The molecule has 1 aromatic heterocycles. The van der Waals surface area contributed by atoms with Crippen LogP contribution in [-0.4, -0.2) is 31.7 Å². The summed E-state index contributed by atoms with van der Waals surface area (Å²) in [5.74, 6) is 0.583. The lowest BCUT2D eigenvalue weighted by molar-refractivity contribution is 0.0596. The van der Waals surface area contributed by atoms with Crippen LogP contribution >= 0.6 is 0 Å². The monoisotopic (exact) mass is 278 g/mol. The Morgan fingerprint density at radius 2 is 2.15 bits per heavy atom. The minimum absolute atomic E-state index is 0.293. The summed E-state index contributed by atoms with van der Waals surface area (Å²) in [6, 6.07) is 3.47. The lowest BCUT2D eigenvalue weighted by Crippen LogP contribution is -2.36. The molecule has 1 aliphatic carbocycles. The van der Waals surface area contributed by atoms with Gasteiger partial charge < -0.3 is 14.8 Å². The van der Waals surface area contributed by atoms with Gasteiger partial charge in [-0.1, -0.05) is 13.3 Å². The summed E-state index contributed by atoms with van der Waals surface area (Å²) < 4.78 is 9.85. The molecule has 0 aromatic carbocycles. The lowest BCUT2D eigenvalue weighted by atomic mass is 9.67. The number of aromatic nitrogens is 1. The van der Waals surface area contributed by atoms with Crippen molar-refractivity contribution in [3.8, 4) is 5.88 Å². The topological polar surface area (TPSA) is 60.5 Å². The van der Waals surface area contributed by atoms with E-state index in [1.807, 2.05) is 0 Å². The van der Waals surface area contributed by atoms with E-state index < -0.39 is 5.97 Å². The van der Waals surface area contributed by atoms with Gasteiger partial charge in [0.15, 0.2) is 0 Å². The molecule has 0 atom stereocenters. The Labute approximate surface area is 119 Å². The van der Waals surface area contributed by atoms with Crippen molar-refractivity contribution in [3.05, 3.63) is 17.7 Å². The predicted molar refractivity (Wildman–Crippen MR) is 77.2 cm³/mol. The van der Waals surface area contributed by atoms with Crippen LogP contribution in [-0.2, 0) is 4.74 Å². The molecule has 0 aliphatic heterocycles. The third-order valence-electron chi connectivity index (χ3n) is 4.27. The van der Waals surface area contributed by atoms with E-state index in [9.17, 15) is 4.79 Å². The summed E-state index contributed by atoms with van der Waals surface area (Å²) in [5.41, 5.74) is 0.755. The van der Waals surface area contributed by atoms with E-state index in [4.69, 9.17) is 9.47 Å². The van der Waals surface area contributed by atoms with Gasteiger partial charge in [0.1, 0.15) is 11.4 Å². The molecule has 0 unspecified atom stereocenters. The first kappa shape index (κ1) is 14.6. The molecule has 1 saturated carbocycles. The second kappa shape index (κ2) is 6.11. The van der Waals surface area contributed by atoms with E-state index in [0.717, 1.165) is 12.4 Å². The molecule has 0 radical (unpaired) electrons. The number of ether oxygens (including phenoxy) is 2. The van der Waals surface area contributed by atoms with Gasteiger partial charge in [-0.15, -0.1) is 0 Å². The molecular weight excluding hydrogens is 256 g/mol. The minimum Gasteiger partial charge on any atom is -0.480 e. The fraction of sp³-hybridized carbons (Fsp3) is 0.600. The second-order valence-electron chi connectivity index (χ2n) is 5.31. The Morgan fingerprint density at radius 1 is 1.40 bits per heavy atom. The summed E-state index contributed by atoms with van der Waals surface area (Å²) >= 11 is 0. The van der Waals surface area contributed by atoms with Gasteiger partial charge in [0.25, 0.3) is 0 Å².